The molecule has 3 nitrogen and oxygen atoms in total. The molecule has 0 spiro atoms. The summed E-state index contributed by atoms with van der Waals surface area (Å²) in [6.07, 6.45) is 1.65. The van der Waals surface area contributed by atoms with Gasteiger partial charge in [-0.25, -0.2) is 0 Å². The van der Waals surface area contributed by atoms with Crippen molar-refractivity contribution in [3.8, 4) is 11.3 Å². The molecule has 0 atom stereocenters. The lowest BCUT2D eigenvalue weighted by Crippen LogP contribution is -1.95. The number of benzene rings is 2. The van der Waals surface area contributed by atoms with Crippen molar-refractivity contribution < 1.29 is 0 Å². The van der Waals surface area contributed by atoms with Gasteiger partial charge in [0.05, 0.1) is 16.9 Å². The first-order valence-corrected chi connectivity index (χ1v) is 7.19. The number of aryl methyl sites for hydroxylation is 1. The Bertz CT molecular complexity index is 744. The van der Waals surface area contributed by atoms with E-state index in [9.17, 15) is 0 Å². The molecule has 0 bridgehead atoms. The molecular weight excluding hydrogens is 305 g/mol. The van der Waals surface area contributed by atoms with E-state index in [4.69, 9.17) is 23.2 Å². The second-order valence-corrected chi connectivity index (χ2v) is 5.52. The first-order chi connectivity index (χ1) is 10.1. The minimum absolute atomic E-state index is 0.640. The van der Waals surface area contributed by atoms with Gasteiger partial charge in [-0.1, -0.05) is 35.3 Å². The average Bonchev–Trinajstić information content (AvgIpc) is 2.81. The molecular formula is C16H13Cl2N3. The van der Waals surface area contributed by atoms with Crippen LogP contribution >= 0.6 is 23.2 Å². The maximum Gasteiger partial charge on any atom is 0.0866 e. The predicted octanol–water partition coefficient (Wildman–Crippen LogP) is 5.14. The molecule has 3 rings (SSSR count). The molecule has 0 saturated carbocycles. The van der Waals surface area contributed by atoms with E-state index in [2.05, 4.69) is 10.4 Å². The molecule has 0 aliphatic carbocycles. The first-order valence-electron chi connectivity index (χ1n) is 6.44. The maximum atomic E-state index is 6.19. The molecule has 0 saturated heterocycles. The van der Waals surface area contributed by atoms with Gasteiger partial charge in [0.1, 0.15) is 0 Å². The van der Waals surface area contributed by atoms with Crippen molar-refractivity contribution in [2.75, 3.05) is 5.32 Å². The number of hydrogen-bond acceptors (Lipinski definition) is 2. The molecule has 3 aromatic rings. The molecule has 0 amide bonds. The molecule has 0 aliphatic rings. The fourth-order valence-electron chi connectivity index (χ4n) is 2.18. The number of hydrogen-bond donors (Lipinski definition) is 1. The van der Waals surface area contributed by atoms with Crippen LogP contribution in [0.15, 0.2) is 54.7 Å². The monoisotopic (exact) mass is 317 g/mol. The smallest absolute Gasteiger partial charge is 0.0866 e. The van der Waals surface area contributed by atoms with Crippen molar-refractivity contribution in [2.45, 2.75) is 0 Å². The zero-order valence-corrected chi connectivity index (χ0v) is 12.9. The van der Waals surface area contributed by atoms with Gasteiger partial charge in [0.15, 0.2) is 0 Å². The van der Waals surface area contributed by atoms with E-state index in [1.165, 1.54) is 0 Å². The number of anilines is 2. The van der Waals surface area contributed by atoms with Crippen LogP contribution in [0.4, 0.5) is 11.4 Å². The number of halogens is 2. The second kappa shape index (κ2) is 5.80. The Hall–Kier alpha value is -1.97. The lowest BCUT2D eigenvalue weighted by atomic mass is 10.1. The highest BCUT2D eigenvalue weighted by atomic mass is 35.5. The summed E-state index contributed by atoms with van der Waals surface area (Å²) in [7, 11) is 1.88. The van der Waals surface area contributed by atoms with Gasteiger partial charge in [0.2, 0.25) is 0 Å². The summed E-state index contributed by atoms with van der Waals surface area (Å²) in [4.78, 5) is 0. The maximum absolute atomic E-state index is 6.19. The average molecular weight is 318 g/mol. The minimum Gasteiger partial charge on any atom is -0.356 e. The van der Waals surface area contributed by atoms with Crippen LogP contribution in [0.25, 0.3) is 11.3 Å². The van der Waals surface area contributed by atoms with E-state index in [0.717, 1.165) is 27.7 Å². The highest BCUT2D eigenvalue weighted by Gasteiger charge is 2.09. The van der Waals surface area contributed by atoms with E-state index in [1.807, 2.05) is 55.6 Å². The lowest BCUT2D eigenvalue weighted by molar-refractivity contribution is 0.776. The van der Waals surface area contributed by atoms with E-state index in [0.29, 0.717) is 5.02 Å². The third kappa shape index (κ3) is 3.04. The molecule has 21 heavy (non-hydrogen) atoms. The molecule has 106 valence electrons. The summed E-state index contributed by atoms with van der Waals surface area (Å²) in [6.45, 7) is 0. The fourth-order valence-corrected chi connectivity index (χ4v) is 2.58. The predicted molar refractivity (Wildman–Crippen MR) is 88.4 cm³/mol. The Kier molecular flexibility index (Phi) is 3.86. The SMILES string of the molecule is Cn1ncc(Cl)c1-c1cccc(Nc2ccc(Cl)cc2)c1. The first kappa shape index (κ1) is 14.0. The van der Waals surface area contributed by atoms with Crippen molar-refractivity contribution in [1.82, 2.24) is 9.78 Å². The van der Waals surface area contributed by atoms with Gasteiger partial charge < -0.3 is 5.32 Å². The van der Waals surface area contributed by atoms with Crippen LogP contribution < -0.4 is 5.32 Å². The highest BCUT2D eigenvalue weighted by molar-refractivity contribution is 6.33. The third-order valence-corrected chi connectivity index (χ3v) is 3.69. The lowest BCUT2D eigenvalue weighted by Gasteiger charge is -2.09. The van der Waals surface area contributed by atoms with E-state index < -0.39 is 0 Å². The Morgan fingerprint density at radius 1 is 1.00 bits per heavy atom. The quantitative estimate of drug-likeness (QED) is 0.725. The van der Waals surface area contributed by atoms with Gasteiger partial charge in [-0.05, 0) is 36.4 Å². The van der Waals surface area contributed by atoms with Crippen molar-refractivity contribution >= 4 is 34.6 Å². The van der Waals surface area contributed by atoms with Crippen LogP contribution in [0, 0.1) is 0 Å². The highest BCUT2D eigenvalue weighted by Crippen LogP contribution is 2.29. The number of rotatable bonds is 3. The topological polar surface area (TPSA) is 29.9 Å². The third-order valence-electron chi connectivity index (χ3n) is 3.16. The molecule has 5 heteroatoms. The van der Waals surface area contributed by atoms with Crippen molar-refractivity contribution in [3.05, 3.63) is 64.8 Å². The van der Waals surface area contributed by atoms with Gasteiger partial charge in [-0.3, -0.25) is 4.68 Å². The molecule has 0 unspecified atom stereocenters. The normalized spacial score (nSPS) is 10.6. The van der Waals surface area contributed by atoms with Crippen molar-refractivity contribution in [1.29, 1.82) is 0 Å². The minimum atomic E-state index is 0.640. The van der Waals surface area contributed by atoms with Crippen LogP contribution in [-0.4, -0.2) is 9.78 Å². The largest absolute Gasteiger partial charge is 0.356 e. The Labute approximate surface area is 133 Å². The van der Waals surface area contributed by atoms with Gasteiger partial charge in [0.25, 0.3) is 0 Å². The summed E-state index contributed by atoms with van der Waals surface area (Å²) < 4.78 is 1.77. The summed E-state index contributed by atoms with van der Waals surface area (Å²) in [6, 6.07) is 15.6. The number of nitrogens with one attached hydrogen (secondary N) is 1. The summed E-state index contributed by atoms with van der Waals surface area (Å²) in [5.74, 6) is 0. The van der Waals surface area contributed by atoms with Crippen molar-refractivity contribution in [3.63, 3.8) is 0 Å². The van der Waals surface area contributed by atoms with Gasteiger partial charge in [-0.2, -0.15) is 5.10 Å². The van der Waals surface area contributed by atoms with Crippen LogP contribution in [-0.2, 0) is 7.05 Å². The Morgan fingerprint density at radius 2 is 1.76 bits per heavy atom. The van der Waals surface area contributed by atoms with Crippen LogP contribution in [0.2, 0.25) is 10.0 Å². The summed E-state index contributed by atoms with van der Waals surface area (Å²) >= 11 is 12.1. The standard InChI is InChI=1S/C16H13Cl2N3/c1-21-16(15(18)10-19-21)11-3-2-4-14(9-11)20-13-7-5-12(17)6-8-13/h2-10,20H,1H3. The summed E-state index contributed by atoms with van der Waals surface area (Å²) in [5.41, 5.74) is 3.87. The summed E-state index contributed by atoms with van der Waals surface area (Å²) in [5, 5.41) is 8.86. The van der Waals surface area contributed by atoms with E-state index in [-0.39, 0.29) is 0 Å². The van der Waals surface area contributed by atoms with Gasteiger partial charge in [-0.15, -0.1) is 0 Å². The zero-order chi connectivity index (χ0) is 14.8. The Morgan fingerprint density at radius 3 is 2.43 bits per heavy atom. The molecule has 1 N–H and O–H groups in total. The van der Waals surface area contributed by atoms with Gasteiger partial charge >= 0.3 is 0 Å². The second-order valence-electron chi connectivity index (χ2n) is 4.68. The van der Waals surface area contributed by atoms with Crippen LogP contribution in [0.1, 0.15) is 0 Å². The van der Waals surface area contributed by atoms with Gasteiger partial charge in [0, 0.05) is 29.0 Å². The molecule has 1 aromatic heterocycles. The number of aromatic nitrogens is 2. The number of nitrogens with zero attached hydrogens (tertiary/aromatic N) is 2. The fraction of sp³-hybridized carbons (Fsp3) is 0.0625. The Balaban J connectivity index is 1.92. The molecule has 0 radical (unpaired) electrons. The van der Waals surface area contributed by atoms with Crippen molar-refractivity contribution in [2.24, 2.45) is 7.05 Å². The van der Waals surface area contributed by atoms with E-state index in [1.54, 1.807) is 10.9 Å². The van der Waals surface area contributed by atoms with Crippen LogP contribution in [0.3, 0.4) is 0 Å². The molecule has 0 fully saturated rings. The van der Waals surface area contributed by atoms with E-state index >= 15 is 0 Å². The molecule has 2 aromatic carbocycles. The zero-order valence-electron chi connectivity index (χ0n) is 11.3. The van der Waals surface area contributed by atoms with Crippen LogP contribution in [0.5, 0.6) is 0 Å². The molecule has 0 aliphatic heterocycles. The molecule has 1 heterocycles.